The smallest absolute Gasteiger partial charge is 0.340 e. The zero-order valence-corrected chi connectivity index (χ0v) is 16.8. The number of carbonyl (C=O) groups excluding carboxylic acids is 2. The average Bonchev–Trinajstić information content (AvgIpc) is 2.79. The first-order valence-electron chi connectivity index (χ1n) is 9.04. The van der Waals surface area contributed by atoms with Crippen LogP contribution >= 0.6 is 0 Å². The number of benzene rings is 3. The van der Waals surface area contributed by atoms with Crippen LogP contribution in [-0.4, -0.2) is 33.2 Å². The molecule has 0 saturated heterocycles. The lowest BCUT2D eigenvalue weighted by atomic mass is 10.1. The summed E-state index contributed by atoms with van der Waals surface area (Å²) in [5.41, 5.74) is 0.730. The van der Waals surface area contributed by atoms with Crippen molar-refractivity contribution in [3.05, 3.63) is 77.9 Å². The van der Waals surface area contributed by atoms with Gasteiger partial charge in [-0.15, -0.1) is 0 Å². The zero-order valence-electron chi connectivity index (χ0n) is 16.8. The maximum absolute atomic E-state index is 12.8. The number of methoxy groups -OCH3 is 3. The average molecular weight is 407 g/mol. The molecule has 0 aliphatic rings. The van der Waals surface area contributed by atoms with Crippen molar-refractivity contribution in [2.75, 3.05) is 26.6 Å². The van der Waals surface area contributed by atoms with Crippen molar-refractivity contribution in [2.24, 2.45) is 0 Å². The van der Waals surface area contributed by atoms with Crippen molar-refractivity contribution in [3.8, 4) is 23.0 Å². The Balaban J connectivity index is 1.88. The Hall–Kier alpha value is -4.00. The molecule has 7 nitrogen and oxygen atoms in total. The largest absolute Gasteiger partial charge is 0.493 e. The molecule has 0 bridgehead atoms. The van der Waals surface area contributed by atoms with Crippen LogP contribution in [0.5, 0.6) is 23.0 Å². The Morgan fingerprint density at radius 3 is 2.10 bits per heavy atom. The van der Waals surface area contributed by atoms with Gasteiger partial charge < -0.3 is 24.3 Å². The molecule has 30 heavy (non-hydrogen) atoms. The Morgan fingerprint density at radius 2 is 1.43 bits per heavy atom. The molecule has 1 amide bonds. The fraction of sp³-hybridized carbons (Fsp3) is 0.130. The predicted octanol–water partition coefficient (Wildman–Crippen LogP) is 4.54. The van der Waals surface area contributed by atoms with Crippen molar-refractivity contribution >= 4 is 17.6 Å². The number of ether oxygens (including phenoxy) is 4. The van der Waals surface area contributed by atoms with Gasteiger partial charge in [0.1, 0.15) is 11.5 Å². The monoisotopic (exact) mass is 407 g/mol. The fourth-order valence-electron chi connectivity index (χ4n) is 2.78. The van der Waals surface area contributed by atoms with Crippen molar-refractivity contribution in [1.29, 1.82) is 0 Å². The van der Waals surface area contributed by atoms with Crippen LogP contribution in [0.3, 0.4) is 0 Å². The van der Waals surface area contributed by atoms with Gasteiger partial charge in [0, 0.05) is 17.7 Å². The van der Waals surface area contributed by atoms with Gasteiger partial charge >= 0.3 is 5.97 Å². The molecule has 0 radical (unpaired) electrons. The highest BCUT2D eigenvalue weighted by Gasteiger charge is 2.20. The summed E-state index contributed by atoms with van der Waals surface area (Å²) in [6.07, 6.45) is 0. The van der Waals surface area contributed by atoms with Crippen LogP contribution in [0.1, 0.15) is 20.7 Å². The van der Waals surface area contributed by atoms with Crippen LogP contribution < -0.4 is 19.5 Å². The highest BCUT2D eigenvalue weighted by atomic mass is 16.5. The molecule has 0 saturated carbocycles. The van der Waals surface area contributed by atoms with Gasteiger partial charge in [0.05, 0.1) is 32.6 Å². The lowest BCUT2D eigenvalue weighted by Gasteiger charge is -2.15. The zero-order chi connectivity index (χ0) is 21.5. The first-order valence-corrected chi connectivity index (χ1v) is 9.04. The van der Waals surface area contributed by atoms with Gasteiger partial charge in [-0.1, -0.05) is 24.3 Å². The van der Waals surface area contributed by atoms with E-state index in [2.05, 4.69) is 5.32 Å². The molecule has 0 heterocycles. The molecular weight excluding hydrogens is 386 g/mol. The number of anilines is 1. The summed E-state index contributed by atoms with van der Waals surface area (Å²) in [5.74, 6) is 0.825. The molecule has 0 aromatic heterocycles. The van der Waals surface area contributed by atoms with Gasteiger partial charge in [0.2, 0.25) is 0 Å². The van der Waals surface area contributed by atoms with Crippen molar-refractivity contribution in [2.45, 2.75) is 0 Å². The van der Waals surface area contributed by atoms with Gasteiger partial charge in [-0.2, -0.15) is 0 Å². The summed E-state index contributed by atoms with van der Waals surface area (Å²) in [4.78, 5) is 25.0. The molecule has 0 unspecified atom stereocenters. The SMILES string of the molecule is COC(=O)c1cc(OC)c(OC)cc1NC(=O)c1cccc(Oc2ccccc2)c1. The normalized spacial score (nSPS) is 10.1. The molecule has 3 aromatic rings. The second kappa shape index (κ2) is 9.47. The summed E-state index contributed by atoms with van der Waals surface area (Å²) in [5, 5.41) is 2.73. The quantitative estimate of drug-likeness (QED) is 0.579. The highest BCUT2D eigenvalue weighted by molar-refractivity contribution is 6.08. The van der Waals surface area contributed by atoms with Crippen LogP contribution in [0.4, 0.5) is 5.69 Å². The molecule has 154 valence electrons. The minimum Gasteiger partial charge on any atom is -0.493 e. The molecule has 0 atom stereocenters. The standard InChI is InChI=1S/C23H21NO6/c1-27-20-13-18(23(26)29-3)19(14-21(20)28-2)24-22(25)15-8-7-11-17(12-15)30-16-9-5-4-6-10-16/h4-14H,1-3H3,(H,24,25). The number of para-hydroxylation sites is 1. The fourth-order valence-corrected chi connectivity index (χ4v) is 2.78. The third-order valence-electron chi connectivity index (χ3n) is 4.25. The lowest BCUT2D eigenvalue weighted by molar-refractivity contribution is 0.0601. The molecule has 0 aliphatic carbocycles. The minimum atomic E-state index is -0.618. The second-order valence-electron chi connectivity index (χ2n) is 6.14. The number of hydrogen-bond donors (Lipinski definition) is 1. The molecule has 3 aromatic carbocycles. The third kappa shape index (κ3) is 4.70. The van der Waals surface area contributed by atoms with E-state index in [4.69, 9.17) is 18.9 Å². The van der Waals surface area contributed by atoms with Crippen LogP contribution in [0, 0.1) is 0 Å². The van der Waals surface area contributed by atoms with Crippen molar-refractivity contribution in [3.63, 3.8) is 0 Å². The summed E-state index contributed by atoms with van der Waals surface area (Å²) in [6.45, 7) is 0. The second-order valence-corrected chi connectivity index (χ2v) is 6.14. The Kier molecular flexibility index (Phi) is 6.54. The Bertz CT molecular complexity index is 1050. The van der Waals surface area contributed by atoms with E-state index in [-0.39, 0.29) is 11.3 Å². The number of rotatable bonds is 7. The number of carbonyl (C=O) groups is 2. The van der Waals surface area contributed by atoms with E-state index >= 15 is 0 Å². The highest BCUT2D eigenvalue weighted by Crippen LogP contribution is 2.34. The van der Waals surface area contributed by atoms with Gasteiger partial charge in [0.15, 0.2) is 11.5 Å². The maximum atomic E-state index is 12.8. The van der Waals surface area contributed by atoms with E-state index in [1.807, 2.05) is 30.3 Å². The maximum Gasteiger partial charge on any atom is 0.340 e. The molecular formula is C23H21NO6. The molecule has 3 rings (SSSR count). The van der Waals surface area contributed by atoms with E-state index in [1.54, 1.807) is 24.3 Å². The summed E-state index contributed by atoms with van der Waals surface area (Å²) >= 11 is 0. The van der Waals surface area contributed by atoms with E-state index in [1.165, 1.54) is 33.5 Å². The summed E-state index contributed by atoms with van der Waals surface area (Å²) in [6, 6.07) is 18.9. The molecule has 0 aliphatic heterocycles. The Labute approximate surface area is 174 Å². The van der Waals surface area contributed by atoms with Crippen LogP contribution in [0.25, 0.3) is 0 Å². The topological polar surface area (TPSA) is 83.1 Å². The third-order valence-corrected chi connectivity index (χ3v) is 4.25. The van der Waals surface area contributed by atoms with E-state index in [0.29, 0.717) is 28.6 Å². The summed E-state index contributed by atoms with van der Waals surface area (Å²) in [7, 11) is 4.18. The van der Waals surface area contributed by atoms with E-state index in [9.17, 15) is 9.59 Å². The Morgan fingerprint density at radius 1 is 0.767 bits per heavy atom. The van der Waals surface area contributed by atoms with Gasteiger partial charge in [-0.25, -0.2) is 4.79 Å². The van der Waals surface area contributed by atoms with Crippen LogP contribution in [-0.2, 0) is 4.74 Å². The van der Waals surface area contributed by atoms with Crippen molar-refractivity contribution in [1.82, 2.24) is 0 Å². The first-order chi connectivity index (χ1) is 14.5. The number of nitrogens with one attached hydrogen (secondary N) is 1. The predicted molar refractivity (Wildman–Crippen MR) is 112 cm³/mol. The van der Waals surface area contributed by atoms with Gasteiger partial charge in [-0.05, 0) is 30.3 Å². The van der Waals surface area contributed by atoms with Crippen LogP contribution in [0.15, 0.2) is 66.7 Å². The summed E-state index contributed by atoms with van der Waals surface area (Å²) < 4.78 is 21.1. The number of hydrogen-bond acceptors (Lipinski definition) is 6. The minimum absolute atomic E-state index is 0.139. The number of esters is 1. The van der Waals surface area contributed by atoms with Gasteiger partial charge in [-0.3, -0.25) is 4.79 Å². The van der Waals surface area contributed by atoms with Crippen LogP contribution in [0.2, 0.25) is 0 Å². The molecule has 7 heteroatoms. The first kappa shape index (κ1) is 20.7. The number of amides is 1. The van der Waals surface area contributed by atoms with E-state index in [0.717, 1.165) is 0 Å². The van der Waals surface area contributed by atoms with Crippen molar-refractivity contribution < 1.29 is 28.5 Å². The molecule has 1 N–H and O–H groups in total. The molecule has 0 spiro atoms. The molecule has 0 fully saturated rings. The van der Waals surface area contributed by atoms with Gasteiger partial charge in [0.25, 0.3) is 5.91 Å². The lowest BCUT2D eigenvalue weighted by Crippen LogP contribution is -2.16. The van der Waals surface area contributed by atoms with E-state index < -0.39 is 11.9 Å².